The van der Waals surface area contributed by atoms with Crippen LogP contribution < -0.4 is 0 Å². The Morgan fingerprint density at radius 1 is 0.923 bits per heavy atom. The Morgan fingerprint density at radius 2 is 1.62 bits per heavy atom. The molecule has 1 N–H and O–H groups in total. The van der Waals surface area contributed by atoms with Crippen LogP contribution in [0.4, 0.5) is 0 Å². The van der Waals surface area contributed by atoms with Crippen LogP contribution in [-0.4, -0.2) is 23.0 Å². The Morgan fingerprint density at radius 3 is 2.35 bits per heavy atom. The summed E-state index contributed by atoms with van der Waals surface area (Å²) in [7, 11) is 0. The van der Waals surface area contributed by atoms with Gasteiger partial charge in [-0.1, -0.05) is 13.8 Å². The van der Waals surface area contributed by atoms with Gasteiger partial charge < -0.3 is 5.11 Å². The SMILES string of the molecule is CC(C)=NC(C)C1CCC2C3CCC4CC(O)CCC4(C)C3CCC12C. The van der Waals surface area contributed by atoms with Gasteiger partial charge in [0, 0.05) is 5.71 Å². The summed E-state index contributed by atoms with van der Waals surface area (Å²) in [6.45, 7) is 11.9. The zero-order chi connectivity index (χ0) is 18.7. The number of hydrogen-bond acceptors (Lipinski definition) is 2. The highest BCUT2D eigenvalue weighted by molar-refractivity contribution is 5.79. The second-order valence-corrected chi connectivity index (χ2v) is 11.1. The number of aliphatic imine (C=N–C) groups is 1. The van der Waals surface area contributed by atoms with Crippen molar-refractivity contribution < 1.29 is 5.11 Å². The first-order valence-corrected chi connectivity index (χ1v) is 11.4. The zero-order valence-electron chi connectivity index (χ0n) is 17.8. The second-order valence-electron chi connectivity index (χ2n) is 11.1. The fourth-order valence-corrected chi connectivity index (χ4v) is 8.57. The van der Waals surface area contributed by atoms with Gasteiger partial charge in [0.25, 0.3) is 0 Å². The van der Waals surface area contributed by atoms with Gasteiger partial charge in [-0.2, -0.15) is 0 Å². The van der Waals surface area contributed by atoms with Gasteiger partial charge in [-0.15, -0.1) is 0 Å². The molecule has 0 spiro atoms. The number of nitrogens with zero attached hydrogens (tertiary/aromatic N) is 1. The molecule has 0 saturated heterocycles. The lowest BCUT2D eigenvalue weighted by Gasteiger charge is -2.61. The predicted octanol–water partition coefficient (Wildman–Crippen LogP) is 5.88. The van der Waals surface area contributed by atoms with Crippen molar-refractivity contribution in [1.29, 1.82) is 0 Å². The fourth-order valence-electron chi connectivity index (χ4n) is 8.57. The summed E-state index contributed by atoms with van der Waals surface area (Å²) in [5.74, 6) is 4.33. The standard InChI is InChI=1S/C24H41NO/c1-15(2)25-16(3)20-8-9-21-19-7-6-17-14-18(26)10-12-23(17,4)22(19)11-13-24(20,21)5/h16-22,26H,6-14H2,1-5H3. The molecule has 0 aromatic heterocycles. The van der Waals surface area contributed by atoms with Crippen molar-refractivity contribution in [2.45, 2.75) is 105 Å². The van der Waals surface area contributed by atoms with Crippen molar-refractivity contribution in [2.24, 2.45) is 45.4 Å². The van der Waals surface area contributed by atoms with Crippen molar-refractivity contribution in [2.75, 3.05) is 0 Å². The molecule has 4 rings (SSSR count). The van der Waals surface area contributed by atoms with E-state index in [0.29, 0.717) is 16.9 Å². The average Bonchev–Trinajstić information content (AvgIpc) is 2.92. The highest BCUT2D eigenvalue weighted by Crippen LogP contribution is 2.67. The molecule has 4 aliphatic rings. The predicted molar refractivity (Wildman–Crippen MR) is 109 cm³/mol. The molecule has 0 aromatic rings. The van der Waals surface area contributed by atoms with Crippen LogP contribution in [0.3, 0.4) is 0 Å². The molecule has 4 saturated carbocycles. The molecule has 0 bridgehead atoms. The van der Waals surface area contributed by atoms with Crippen molar-refractivity contribution in [3.63, 3.8) is 0 Å². The number of hydrogen-bond donors (Lipinski definition) is 1. The monoisotopic (exact) mass is 359 g/mol. The van der Waals surface area contributed by atoms with Crippen LogP contribution in [0.25, 0.3) is 0 Å². The van der Waals surface area contributed by atoms with E-state index in [4.69, 9.17) is 4.99 Å². The van der Waals surface area contributed by atoms with Gasteiger partial charge in [-0.25, -0.2) is 0 Å². The Labute approximate surface area is 161 Å². The fraction of sp³-hybridized carbons (Fsp3) is 0.958. The van der Waals surface area contributed by atoms with E-state index in [2.05, 4.69) is 34.6 Å². The first-order chi connectivity index (χ1) is 12.3. The summed E-state index contributed by atoms with van der Waals surface area (Å²) in [6.07, 6.45) is 11.8. The number of rotatable bonds is 2. The molecule has 0 aromatic carbocycles. The Balaban J connectivity index is 1.57. The number of aliphatic hydroxyl groups is 1. The Kier molecular flexibility index (Phi) is 4.82. The normalized spacial score (nSPS) is 51.8. The topological polar surface area (TPSA) is 32.6 Å². The lowest BCUT2D eigenvalue weighted by molar-refractivity contribution is -0.127. The summed E-state index contributed by atoms with van der Waals surface area (Å²) in [5, 5.41) is 10.2. The van der Waals surface area contributed by atoms with E-state index < -0.39 is 0 Å². The van der Waals surface area contributed by atoms with Gasteiger partial charge in [0.15, 0.2) is 0 Å². The largest absolute Gasteiger partial charge is 0.393 e. The van der Waals surface area contributed by atoms with E-state index in [1.165, 1.54) is 50.7 Å². The van der Waals surface area contributed by atoms with Gasteiger partial charge in [0.2, 0.25) is 0 Å². The average molecular weight is 360 g/mol. The van der Waals surface area contributed by atoms with E-state index in [1.54, 1.807) is 0 Å². The van der Waals surface area contributed by atoms with Crippen molar-refractivity contribution in [3.05, 3.63) is 0 Å². The van der Waals surface area contributed by atoms with Gasteiger partial charge >= 0.3 is 0 Å². The summed E-state index contributed by atoms with van der Waals surface area (Å²) < 4.78 is 0. The van der Waals surface area contributed by atoms with E-state index in [-0.39, 0.29) is 6.10 Å². The van der Waals surface area contributed by atoms with Crippen LogP contribution in [0.15, 0.2) is 4.99 Å². The molecule has 26 heavy (non-hydrogen) atoms. The second kappa shape index (κ2) is 6.61. The van der Waals surface area contributed by atoms with E-state index in [1.807, 2.05) is 0 Å². The maximum Gasteiger partial charge on any atom is 0.0543 e. The molecule has 9 atom stereocenters. The van der Waals surface area contributed by atoms with Gasteiger partial charge in [0.05, 0.1) is 12.1 Å². The summed E-state index contributed by atoms with van der Waals surface area (Å²) in [5.41, 5.74) is 2.26. The maximum absolute atomic E-state index is 10.2. The molecule has 0 radical (unpaired) electrons. The quantitative estimate of drug-likeness (QED) is 0.614. The van der Waals surface area contributed by atoms with Crippen molar-refractivity contribution >= 4 is 5.71 Å². The number of fused-ring (bicyclic) bond motifs is 5. The third-order valence-corrected chi connectivity index (χ3v) is 9.76. The zero-order valence-corrected chi connectivity index (χ0v) is 17.8. The Hall–Kier alpha value is -0.370. The van der Waals surface area contributed by atoms with E-state index in [9.17, 15) is 5.11 Å². The van der Waals surface area contributed by atoms with Crippen LogP contribution in [0, 0.1) is 40.4 Å². The van der Waals surface area contributed by atoms with Crippen LogP contribution in [0.2, 0.25) is 0 Å². The molecule has 148 valence electrons. The molecule has 0 heterocycles. The first-order valence-electron chi connectivity index (χ1n) is 11.4. The smallest absolute Gasteiger partial charge is 0.0543 e. The summed E-state index contributed by atoms with van der Waals surface area (Å²) >= 11 is 0. The molecule has 2 nitrogen and oxygen atoms in total. The molecule has 0 aliphatic heterocycles. The third kappa shape index (κ3) is 2.81. The lowest BCUT2D eigenvalue weighted by Crippen LogP contribution is -2.54. The van der Waals surface area contributed by atoms with Crippen LogP contribution >= 0.6 is 0 Å². The molecule has 2 heteroatoms. The van der Waals surface area contributed by atoms with E-state index >= 15 is 0 Å². The van der Waals surface area contributed by atoms with Gasteiger partial charge in [-0.3, -0.25) is 4.99 Å². The minimum absolute atomic E-state index is 0.0228. The molecule has 4 aliphatic carbocycles. The molecule has 0 amide bonds. The lowest BCUT2D eigenvalue weighted by atomic mass is 9.44. The minimum atomic E-state index is -0.0228. The molecular formula is C24H41NO. The highest BCUT2D eigenvalue weighted by Gasteiger charge is 2.60. The van der Waals surface area contributed by atoms with Crippen molar-refractivity contribution in [1.82, 2.24) is 0 Å². The first kappa shape index (κ1) is 19.0. The molecule has 4 fully saturated rings. The van der Waals surface area contributed by atoms with Crippen LogP contribution in [0.1, 0.15) is 92.4 Å². The molecule has 9 unspecified atom stereocenters. The molecular weight excluding hydrogens is 318 g/mol. The van der Waals surface area contributed by atoms with Gasteiger partial charge in [-0.05, 0) is 119 Å². The minimum Gasteiger partial charge on any atom is -0.393 e. The number of aliphatic hydroxyl groups excluding tert-OH is 1. The summed E-state index contributed by atoms with van der Waals surface area (Å²) in [4.78, 5) is 4.98. The van der Waals surface area contributed by atoms with Crippen molar-refractivity contribution in [3.8, 4) is 0 Å². The highest BCUT2D eigenvalue weighted by atomic mass is 16.3. The third-order valence-electron chi connectivity index (χ3n) is 9.76. The van der Waals surface area contributed by atoms with Crippen LogP contribution in [0.5, 0.6) is 0 Å². The summed E-state index contributed by atoms with van der Waals surface area (Å²) in [6, 6.07) is 0.489. The van der Waals surface area contributed by atoms with Gasteiger partial charge in [0.1, 0.15) is 0 Å². The Bertz CT molecular complexity index is 567. The van der Waals surface area contributed by atoms with Crippen LogP contribution in [-0.2, 0) is 0 Å². The van der Waals surface area contributed by atoms with E-state index in [0.717, 1.165) is 42.4 Å². The maximum atomic E-state index is 10.2.